The van der Waals surface area contributed by atoms with Crippen molar-refractivity contribution in [2.24, 2.45) is 0 Å². The SMILES string of the molecule is CC1(C)C(/C=C/C2=C(Oc3ccc(C[C@H](NC(=O)CCOCCOCCNC(=O)CCOc4ccc5nccc(C(=O)NCC(=O)N6CCC[C@H]6B(O)O)c5c4)C(=O)O)cc3)C(=C/C=C3/N(CCCCS(=O)(=O)[O-])c4ccc(S(=O)(=O)O)cc4C3(C)C)/CCC2)=[N+](CCCCS(=O)(=O)O)c2ccc(S(=O)(=O)O)cc21. The molecule has 4 amide bonds. The molecule has 5 aromatic rings. The summed E-state index contributed by atoms with van der Waals surface area (Å²) < 4.78 is 163. The van der Waals surface area contributed by atoms with Crippen molar-refractivity contribution < 1.29 is 115 Å². The number of hydrogen-bond acceptors (Lipinski definition) is 22. The first-order valence-electron chi connectivity index (χ1n) is 35.4. The highest BCUT2D eigenvalue weighted by Crippen LogP contribution is 2.49. The monoisotopic (exact) mass is 1590 g/mol. The molecular formula is C73H90BN7O24S4. The molecule has 9 rings (SSSR count). The lowest BCUT2D eigenvalue weighted by atomic mass is 9.78. The number of amides is 4. The van der Waals surface area contributed by atoms with Crippen molar-refractivity contribution in [3.05, 3.63) is 160 Å². The first-order chi connectivity index (χ1) is 51.4. The molecule has 4 aliphatic rings. The number of fused-ring (bicyclic) bond motifs is 3. The lowest BCUT2D eigenvalue weighted by Gasteiger charge is -2.28. The van der Waals surface area contributed by atoms with Crippen molar-refractivity contribution in [2.75, 3.05) is 82.2 Å². The highest BCUT2D eigenvalue weighted by atomic mass is 32.2. The number of benzene rings is 4. The molecule has 36 heteroatoms. The number of unbranched alkanes of at least 4 members (excludes halogenated alkanes) is 2. The average molecular weight is 1590 g/mol. The topological polar surface area (TPSA) is 462 Å². The van der Waals surface area contributed by atoms with Crippen molar-refractivity contribution in [3.63, 3.8) is 0 Å². The van der Waals surface area contributed by atoms with Crippen molar-refractivity contribution in [1.82, 2.24) is 25.8 Å². The number of carbonyl (C=O) groups is 5. The van der Waals surface area contributed by atoms with E-state index in [0.717, 1.165) is 0 Å². The lowest BCUT2D eigenvalue weighted by Crippen LogP contribution is -2.48. The number of anilines is 1. The maximum absolute atomic E-state index is 13.2. The zero-order chi connectivity index (χ0) is 79.2. The van der Waals surface area contributed by atoms with Gasteiger partial charge in [-0.1, -0.05) is 32.1 Å². The Morgan fingerprint density at radius 1 is 0.725 bits per heavy atom. The van der Waals surface area contributed by atoms with Crippen LogP contribution in [0.25, 0.3) is 10.9 Å². The van der Waals surface area contributed by atoms with Crippen LogP contribution in [-0.4, -0.2) is 213 Å². The number of likely N-dealkylation sites (tertiary alicyclic amines) is 1. The summed E-state index contributed by atoms with van der Waals surface area (Å²) in [6.45, 7) is 8.35. The molecule has 0 unspecified atom stereocenters. The normalized spacial score (nSPS) is 17.5. The smallest absolute Gasteiger partial charge is 0.475 e. The van der Waals surface area contributed by atoms with Gasteiger partial charge in [0.25, 0.3) is 36.3 Å². The van der Waals surface area contributed by atoms with E-state index < -0.39 is 106 Å². The summed E-state index contributed by atoms with van der Waals surface area (Å²) in [5.41, 5.74) is 4.37. The molecule has 4 heterocycles. The second-order valence-corrected chi connectivity index (χ2v) is 33.7. The molecule has 9 N–H and O–H groups in total. The van der Waals surface area contributed by atoms with E-state index in [1.54, 1.807) is 54.6 Å². The number of nitrogens with zero attached hydrogens (tertiary/aromatic N) is 4. The first-order valence-corrected chi connectivity index (χ1v) is 41.5. The van der Waals surface area contributed by atoms with Gasteiger partial charge in [0.15, 0.2) is 5.71 Å². The fraction of sp³-hybridized carbons (Fsp3) is 0.438. The van der Waals surface area contributed by atoms with Crippen molar-refractivity contribution in [2.45, 2.75) is 137 Å². The Balaban J connectivity index is 0.817. The zero-order valence-electron chi connectivity index (χ0n) is 60.6. The molecular weight excluding hydrogens is 1500 g/mol. The quantitative estimate of drug-likeness (QED) is 0.01000. The summed E-state index contributed by atoms with van der Waals surface area (Å²) in [5, 5.41) is 37.9. The molecule has 4 aromatic carbocycles. The van der Waals surface area contributed by atoms with E-state index in [9.17, 15) is 91.0 Å². The number of allylic oxidation sites excluding steroid dienone is 7. The number of ether oxygens (including phenoxy) is 4. The third kappa shape index (κ3) is 22.7. The molecule has 0 spiro atoms. The summed E-state index contributed by atoms with van der Waals surface area (Å²) in [6, 6.07) is 20.0. The predicted octanol–water partition coefficient (Wildman–Crippen LogP) is 5.63. The Bertz CT molecular complexity index is 4890. The van der Waals surface area contributed by atoms with Gasteiger partial charge in [0.2, 0.25) is 23.4 Å². The second-order valence-electron chi connectivity index (χ2n) is 27.8. The van der Waals surface area contributed by atoms with Crippen LogP contribution in [0.1, 0.15) is 125 Å². The third-order valence-corrected chi connectivity index (χ3v) is 22.6. The summed E-state index contributed by atoms with van der Waals surface area (Å²) in [5.74, 6) is -3.94. The largest absolute Gasteiger partial charge is 0.748 e. The van der Waals surface area contributed by atoms with Gasteiger partial charge in [-0.25, -0.2) is 13.2 Å². The fourth-order valence-corrected chi connectivity index (χ4v) is 15.9. The molecule has 2 atom stereocenters. The van der Waals surface area contributed by atoms with Gasteiger partial charge < -0.3 is 64.4 Å². The third-order valence-electron chi connectivity index (χ3n) is 19.3. The maximum atomic E-state index is 13.2. The minimum atomic E-state index is -4.64. The maximum Gasteiger partial charge on any atom is 0.475 e. The summed E-state index contributed by atoms with van der Waals surface area (Å²) >= 11 is 0. The molecule has 0 saturated carbocycles. The summed E-state index contributed by atoms with van der Waals surface area (Å²) in [6.07, 6.45) is 11.8. The number of aliphatic carboxylic acids is 1. The number of pyridine rings is 1. The second kappa shape index (κ2) is 36.4. The molecule has 31 nitrogen and oxygen atoms in total. The standard InChI is InChI=1S/C73H90BN7O24S4/c1-72(2)57-45-53(108(96,97)98)21-24-61(57)79(33-5-7-41-106(90,91)92)63(72)26-16-49-11-9-12-50(17-27-64-73(3,4)58-46-54(109(99,100)101)22-25-62(58)80(64)34-6-8-42-107(93,94)95)69(49)105-51-18-14-48(15-19-51)43-60(71(86)87)78-67(83)29-36-102-39-40-103-38-32-76-66(82)30-37-104-52-20-23-59-56(44-52)55(28-31-75-59)70(85)77-47-68(84)81-35-10-13-65(81)74(88)89/h14-28,31,44-46,60,65,88-89H,5-13,29-30,32-43,47H2,1-4H3,(H7-,76,77,78,82,83,85,86,87,90,91,92,93,94,95,96,97,98,99,100,101)/t60-,65-/m0/s1. The van der Waals surface area contributed by atoms with Crippen LogP contribution in [0.3, 0.4) is 0 Å². The number of carboxylic acids is 1. The summed E-state index contributed by atoms with van der Waals surface area (Å²) in [4.78, 5) is 71.2. The minimum Gasteiger partial charge on any atom is -0.748 e. The molecule has 1 aliphatic carbocycles. The zero-order valence-corrected chi connectivity index (χ0v) is 63.9. The van der Waals surface area contributed by atoms with Crippen molar-refractivity contribution in [1.29, 1.82) is 0 Å². The minimum absolute atomic E-state index is 0.00125. The van der Waals surface area contributed by atoms with Crippen LogP contribution < -0.4 is 30.3 Å². The van der Waals surface area contributed by atoms with Crippen LogP contribution in [0.2, 0.25) is 0 Å². The number of rotatable bonds is 38. The molecule has 0 bridgehead atoms. The van der Waals surface area contributed by atoms with Gasteiger partial charge in [-0.05, 0) is 166 Å². The van der Waals surface area contributed by atoms with E-state index in [-0.39, 0.29) is 125 Å². The van der Waals surface area contributed by atoms with Gasteiger partial charge >= 0.3 is 13.1 Å². The van der Waals surface area contributed by atoms with E-state index >= 15 is 0 Å². The van der Waals surface area contributed by atoms with E-state index in [2.05, 4.69) is 20.9 Å². The van der Waals surface area contributed by atoms with Crippen LogP contribution in [0, 0.1) is 0 Å². The van der Waals surface area contributed by atoms with Crippen LogP contribution in [0.4, 0.5) is 11.4 Å². The Morgan fingerprint density at radius 2 is 1.40 bits per heavy atom. The molecule has 3 aliphatic heterocycles. The number of nitrogens with one attached hydrogen (secondary N) is 3. The summed E-state index contributed by atoms with van der Waals surface area (Å²) in [7, 11) is -19.8. The van der Waals surface area contributed by atoms with Crippen molar-refractivity contribution >= 4 is 105 Å². The average Bonchev–Trinajstić information content (AvgIpc) is 1.60. The van der Waals surface area contributed by atoms with E-state index in [4.69, 9.17) is 18.9 Å². The Labute approximate surface area is 633 Å². The van der Waals surface area contributed by atoms with Crippen molar-refractivity contribution in [3.8, 4) is 11.5 Å². The fourth-order valence-electron chi connectivity index (χ4n) is 13.7. The van der Waals surface area contributed by atoms with Gasteiger partial charge in [0, 0.05) is 90.7 Å². The number of aromatic nitrogens is 1. The van der Waals surface area contributed by atoms with Gasteiger partial charge in [0.1, 0.15) is 29.8 Å². The molecule has 588 valence electrons. The van der Waals surface area contributed by atoms with Gasteiger partial charge in [-0.2, -0.15) is 29.8 Å². The van der Waals surface area contributed by atoms with E-state index in [1.165, 1.54) is 41.4 Å². The highest BCUT2D eigenvalue weighted by Gasteiger charge is 2.46. The molecule has 1 saturated heterocycles. The van der Waals surface area contributed by atoms with Gasteiger partial charge in [0.05, 0.1) is 94.1 Å². The lowest BCUT2D eigenvalue weighted by molar-refractivity contribution is -0.438. The van der Waals surface area contributed by atoms with Gasteiger partial charge in [-0.3, -0.25) is 37.8 Å². The molecule has 0 radical (unpaired) electrons. The van der Waals surface area contributed by atoms with E-state index in [0.29, 0.717) is 117 Å². The first kappa shape index (κ1) is 84.2. The number of hydrogen-bond donors (Lipinski definition) is 9. The Kier molecular flexibility index (Phi) is 28.1. The van der Waals surface area contributed by atoms with Gasteiger partial charge in [-0.15, -0.1) is 0 Å². The molecule has 109 heavy (non-hydrogen) atoms. The van der Waals surface area contributed by atoms with Crippen LogP contribution >= 0.6 is 0 Å². The van der Waals surface area contributed by atoms with Crippen LogP contribution in [0.15, 0.2) is 148 Å². The van der Waals surface area contributed by atoms with E-state index in [1.807, 2.05) is 61.5 Å². The number of carboxylic acid groups (broad SMARTS) is 1. The Hall–Kier alpha value is -8.79. The molecule has 1 aromatic heterocycles. The number of carbonyl (C=O) groups excluding carboxylic acids is 4. The molecule has 1 fully saturated rings. The van der Waals surface area contributed by atoms with Crippen LogP contribution in [0.5, 0.6) is 11.5 Å². The highest BCUT2D eigenvalue weighted by molar-refractivity contribution is 7.86. The predicted molar refractivity (Wildman–Crippen MR) is 400 cm³/mol. The van der Waals surface area contributed by atoms with Crippen LogP contribution in [-0.2, 0) is 86.4 Å². The Morgan fingerprint density at radius 3 is 2.09 bits per heavy atom.